The molecule has 68 valence electrons. The summed E-state index contributed by atoms with van der Waals surface area (Å²) in [5.74, 6) is 0.966. The van der Waals surface area contributed by atoms with Crippen LogP contribution in [0.15, 0.2) is 42.0 Å². The number of hydrogen-bond donors (Lipinski definition) is 0. The van der Waals surface area contributed by atoms with Crippen molar-refractivity contribution in [1.29, 1.82) is 0 Å². The summed E-state index contributed by atoms with van der Waals surface area (Å²) in [6.07, 6.45) is 7.68. The molecule has 1 aliphatic heterocycles. The van der Waals surface area contributed by atoms with E-state index in [0.717, 1.165) is 11.3 Å². The van der Waals surface area contributed by atoms with Gasteiger partial charge in [-0.25, -0.2) is 0 Å². The van der Waals surface area contributed by atoms with E-state index in [-0.39, 0.29) is 0 Å². The molecular formula is C12H8OS. The summed E-state index contributed by atoms with van der Waals surface area (Å²) in [6, 6.07) is 6.33. The number of benzene rings is 1. The van der Waals surface area contributed by atoms with E-state index in [1.165, 1.54) is 10.1 Å². The van der Waals surface area contributed by atoms with Gasteiger partial charge in [0.15, 0.2) is 0 Å². The summed E-state index contributed by atoms with van der Waals surface area (Å²) >= 11 is 1.74. The van der Waals surface area contributed by atoms with E-state index >= 15 is 0 Å². The van der Waals surface area contributed by atoms with Gasteiger partial charge in [-0.1, -0.05) is 12.2 Å². The topological polar surface area (TPSA) is 9.23 Å². The molecule has 0 aliphatic carbocycles. The molecule has 0 unspecified atom stereocenters. The largest absolute Gasteiger partial charge is 0.464 e. The van der Waals surface area contributed by atoms with Gasteiger partial charge in [0.1, 0.15) is 5.75 Å². The molecule has 3 rings (SSSR count). The van der Waals surface area contributed by atoms with Crippen LogP contribution in [0.2, 0.25) is 0 Å². The summed E-state index contributed by atoms with van der Waals surface area (Å²) < 4.78 is 6.85. The summed E-state index contributed by atoms with van der Waals surface area (Å²) in [5, 5.41) is 3.29. The van der Waals surface area contributed by atoms with Crippen molar-refractivity contribution < 1.29 is 4.74 Å². The molecular weight excluding hydrogens is 192 g/mol. The van der Waals surface area contributed by atoms with Crippen molar-refractivity contribution in [3.63, 3.8) is 0 Å². The van der Waals surface area contributed by atoms with Crippen molar-refractivity contribution in [2.75, 3.05) is 0 Å². The fourth-order valence-electron chi connectivity index (χ4n) is 1.61. The predicted molar refractivity (Wildman–Crippen MR) is 60.6 cm³/mol. The van der Waals surface area contributed by atoms with Gasteiger partial charge < -0.3 is 4.74 Å². The number of thiophene rings is 1. The van der Waals surface area contributed by atoms with Gasteiger partial charge in [0, 0.05) is 15.6 Å². The third kappa shape index (κ3) is 1.08. The average Bonchev–Trinajstić information content (AvgIpc) is 2.55. The summed E-state index contributed by atoms with van der Waals surface area (Å²) in [6.45, 7) is 0. The zero-order chi connectivity index (χ0) is 9.38. The second-order valence-electron chi connectivity index (χ2n) is 3.12. The first-order valence-electron chi connectivity index (χ1n) is 4.45. The first-order chi connectivity index (χ1) is 6.95. The van der Waals surface area contributed by atoms with Crippen molar-refractivity contribution in [2.45, 2.75) is 0 Å². The Kier molecular flexibility index (Phi) is 1.67. The molecule has 2 heteroatoms. The number of ether oxygens (including phenoxy) is 1. The smallest absolute Gasteiger partial charge is 0.142 e. The molecule has 14 heavy (non-hydrogen) atoms. The van der Waals surface area contributed by atoms with Crippen LogP contribution in [0, 0.1) is 0 Å². The Morgan fingerprint density at radius 1 is 1.07 bits per heavy atom. The standard InChI is InChI=1S/C12H8OS/c1-2-7-13-12-9(3-1)4-5-11-10(12)6-8-14-11/h1-8H. The molecule has 1 aliphatic rings. The molecule has 1 aromatic heterocycles. The SMILES string of the molecule is C1=COc2c(ccc3sccc23)C=C1. The quantitative estimate of drug-likeness (QED) is 0.628. The van der Waals surface area contributed by atoms with Crippen LogP contribution in [0.5, 0.6) is 5.75 Å². The van der Waals surface area contributed by atoms with Crippen LogP contribution in [0.25, 0.3) is 16.2 Å². The van der Waals surface area contributed by atoms with E-state index in [0.29, 0.717) is 0 Å². The van der Waals surface area contributed by atoms with Crippen molar-refractivity contribution in [2.24, 2.45) is 0 Å². The maximum atomic E-state index is 5.58. The first-order valence-corrected chi connectivity index (χ1v) is 5.33. The molecule has 0 amide bonds. The van der Waals surface area contributed by atoms with Gasteiger partial charge in [-0.2, -0.15) is 0 Å². The van der Waals surface area contributed by atoms with Crippen LogP contribution in [0.1, 0.15) is 5.56 Å². The molecule has 0 atom stereocenters. The molecule has 0 saturated heterocycles. The van der Waals surface area contributed by atoms with E-state index in [1.54, 1.807) is 17.6 Å². The highest BCUT2D eigenvalue weighted by molar-refractivity contribution is 7.17. The van der Waals surface area contributed by atoms with E-state index in [1.807, 2.05) is 12.2 Å². The summed E-state index contributed by atoms with van der Waals surface area (Å²) in [7, 11) is 0. The minimum atomic E-state index is 0.966. The number of allylic oxidation sites excluding steroid dienone is 2. The lowest BCUT2D eigenvalue weighted by Gasteiger charge is -2.04. The lowest BCUT2D eigenvalue weighted by atomic mass is 10.1. The minimum absolute atomic E-state index is 0.966. The molecule has 2 aromatic rings. The van der Waals surface area contributed by atoms with Gasteiger partial charge in [-0.15, -0.1) is 11.3 Å². The lowest BCUT2D eigenvalue weighted by Crippen LogP contribution is -1.84. The van der Waals surface area contributed by atoms with Gasteiger partial charge >= 0.3 is 0 Å². The van der Waals surface area contributed by atoms with Crippen LogP contribution in [0.3, 0.4) is 0 Å². The van der Waals surface area contributed by atoms with E-state index in [4.69, 9.17) is 4.74 Å². The second-order valence-corrected chi connectivity index (χ2v) is 4.07. The van der Waals surface area contributed by atoms with Crippen molar-refractivity contribution in [3.05, 3.63) is 47.6 Å². The van der Waals surface area contributed by atoms with Gasteiger partial charge in [-0.3, -0.25) is 0 Å². The molecule has 0 spiro atoms. The molecule has 2 heterocycles. The van der Waals surface area contributed by atoms with Crippen LogP contribution in [-0.4, -0.2) is 0 Å². The predicted octanol–water partition coefficient (Wildman–Crippen LogP) is 3.82. The molecule has 0 N–H and O–H groups in total. The average molecular weight is 200 g/mol. The Bertz CT molecular complexity index is 534. The van der Waals surface area contributed by atoms with Gasteiger partial charge in [-0.05, 0) is 29.7 Å². The lowest BCUT2D eigenvalue weighted by molar-refractivity contribution is 0.487. The van der Waals surface area contributed by atoms with E-state index < -0.39 is 0 Å². The fourth-order valence-corrected chi connectivity index (χ4v) is 2.39. The zero-order valence-electron chi connectivity index (χ0n) is 7.44. The molecule has 0 saturated carbocycles. The van der Waals surface area contributed by atoms with Gasteiger partial charge in [0.2, 0.25) is 0 Å². The molecule has 1 aromatic carbocycles. The maximum Gasteiger partial charge on any atom is 0.142 e. The molecule has 0 radical (unpaired) electrons. The number of fused-ring (bicyclic) bond motifs is 3. The number of hydrogen-bond acceptors (Lipinski definition) is 2. The normalized spacial score (nSPS) is 13.7. The maximum absolute atomic E-state index is 5.58. The third-order valence-corrected chi connectivity index (χ3v) is 3.15. The number of rotatable bonds is 0. The van der Waals surface area contributed by atoms with Crippen LogP contribution in [0.4, 0.5) is 0 Å². The molecule has 0 fully saturated rings. The van der Waals surface area contributed by atoms with Crippen molar-refractivity contribution in [1.82, 2.24) is 0 Å². The Labute approximate surface area is 85.9 Å². The third-order valence-electron chi connectivity index (χ3n) is 2.27. The van der Waals surface area contributed by atoms with E-state index in [9.17, 15) is 0 Å². The van der Waals surface area contributed by atoms with Gasteiger partial charge in [0.25, 0.3) is 0 Å². The highest BCUT2D eigenvalue weighted by Gasteiger charge is 2.08. The fraction of sp³-hybridized carbons (Fsp3) is 0. The van der Waals surface area contributed by atoms with E-state index in [2.05, 4.69) is 29.7 Å². The summed E-state index contributed by atoms with van der Waals surface area (Å²) in [4.78, 5) is 0. The minimum Gasteiger partial charge on any atom is -0.464 e. The molecule has 1 nitrogen and oxygen atoms in total. The highest BCUT2D eigenvalue weighted by atomic mass is 32.1. The Morgan fingerprint density at radius 3 is 3.07 bits per heavy atom. The van der Waals surface area contributed by atoms with Crippen molar-refractivity contribution in [3.8, 4) is 5.75 Å². The Balaban J connectivity index is 2.38. The van der Waals surface area contributed by atoms with Crippen molar-refractivity contribution >= 4 is 27.5 Å². The van der Waals surface area contributed by atoms with Crippen LogP contribution in [-0.2, 0) is 0 Å². The van der Waals surface area contributed by atoms with Crippen LogP contribution < -0.4 is 4.74 Å². The van der Waals surface area contributed by atoms with Gasteiger partial charge in [0.05, 0.1) is 6.26 Å². The van der Waals surface area contributed by atoms with Crippen LogP contribution >= 0.6 is 11.3 Å². The first kappa shape index (κ1) is 7.83. The second kappa shape index (κ2) is 3.00. The Morgan fingerprint density at radius 2 is 2.07 bits per heavy atom. The molecule has 0 bridgehead atoms. The highest BCUT2D eigenvalue weighted by Crippen LogP contribution is 2.34. The Hall–Kier alpha value is -1.54. The summed E-state index contributed by atoms with van der Waals surface area (Å²) in [5.41, 5.74) is 1.14. The monoisotopic (exact) mass is 200 g/mol. The zero-order valence-corrected chi connectivity index (χ0v) is 8.25.